The molecule has 1 aromatic carbocycles. The van der Waals surface area contributed by atoms with E-state index in [1.807, 2.05) is 0 Å². The third kappa shape index (κ3) is 5.60. The molecule has 0 aliphatic carbocycles. The normalized spacial score (nSPS) is 12.0. The number of ether oxygens (including phenoxy) is 2. The summed E-state index contributed by atoms with van der Waals surface area (Å²) in [5.74, 6) is -0.727. The van der Waals surface area contributed by atoms with Crippen molar-refractivity contribution in [3.05, 3.63) is 72.1 Å². The second-order valence-corrected chi connectivity index (χ2v) is 6.64. The number of benzene rings is 1. The van der Waals surface area contributed by atoms with Crippen molar-refractivity contribution < 1.29 is 32.2 Å². The molecule has 0 saturated heterocycles. The summed E-state index contributed by atoms with van der Waals surface area (Å²) in [5, 5.41) is 2.50. The molecule has 0 radical (unpaired) electrons. The Labute approximate surface area is 181 Å². The lowest BCUT2D eigenvalue weighted by atomic mass is 10.1. The lowest BCUT2D eigenvalue weighted by molar-refractivity contribution is -0.142. The maximum atomic E-state index is 12.6. The summed E-state index contributed by atoms with van der Waals surface area (Å²) in [4.78, 5) is 31.8. The highest BCUT2D eigenvalue weighted by molar-refractivity contribution is 5.95. The van der Waals surface area contributed by atoms with Gasteiger partial charge in [0, 0.05) is 17.8 Å². The quantitative estimate of drug-likeness (QED) is 0.571. The van der Waals surface area contributed by atoms with Gasteiger partial charge in [-0.15, -0.1) is 0 Å². The first kappa shape index (κ1) is 22.7. The van der Waals surface area contributed by atoms with Gasteiger partial charge < -0.3 is 14.8 Å². The number of alkyl halides is 3. The molecule has 3 aromatic rings. The summed E-state index contributed by atoms with van der Waals surface area (Å²) in [6.07, 6.45) is -3.77. The van der Waals surface area contributed by atoms with E-state index in [4.69, 9.17) is 4.74 Å². The zero-order chi connectivity index (χ0) is 23.3. The summed E-state index contributed by atoms with van der Waals surface area (Å²) in [7, 11) is 1.23. The van der Waals surface area contributed by atoms with Gasteiger partial charge >= 0.3 is 12.1 Å². The zero-order valence-electron chi connectivity index (χ0n) is 17.0. The first-order chi connectivity index (χ1) is 15.2. The fourth-order valence-corrected chi connectivity index (χ4v) is 2.65. The van der Waals surface area contributed by atoms with E-state index in [1.54, 1.807) is 36.4 Å². The van der Waals surface area contributed by atoms with E-state index in [0.29, 0.717) is 23.2 Å². The van der Waals surface area contributed by atoms with Crippen LogP contribution in [-0.4, -0.2) is 35.0 Å². The van der Waals surface area contributed by atoms with Gasteiger partial charge in [0.2, 0.25) is 5.88 Å². The predicted molar refractivity (Wildman–Crippen MR) is 108 cm³/mol. The van der Waals surface area contributed by atoms with Gasteiger partial charge in [-0.2, -0.15) is 13.2 Å². The molecule has 7 nitrogen and oxygen atoms in total. The number of carbonyl (C=O) groups excluding carboxylic acids is 2. The summed E-state index contributed by atoms with van der Waals surface area (Å²) >= 11 is 0. The van der Waals surface area contributed by atoms with Gasteiger partial charge in [0.05, 0.1) is 18.4 Å². The number of hydrogen-bond acceptors (Lipinski definition) is 6. The van der Waals surface area contributed by atoms with Crippen LogP contribution >= 0.6 is 0 Å². The SMILES string of the molecule is COC(=O)C(C)NC(=O)c1cccc(-c2ccc(Oc3ccc(C(F)(F)F)cn3)cc2)n1. The van der Waals surface area contributed by atoms with Crippen molar-refractivity contribution in [2.45, 2.75) is 19.1 Å². The molecule has 2 heterocycles. The van der Waals surface area contributed by atoms with Crippen molar-refractivity contribution in [2.24, 2.45) is 0 Å². The monoisotopic (exact) mass is 445 g/mol. The molecule has 2 aromatic heterocycles. The van der Waals surface area contributed by atoms with Crippen LogP contribution in [0, 0.1) is 0 Å². The molecule has 32 heavy (non-hydrogen) atoms. The van der Waals surface area contributed by atoms with Crippen LogP contribution in [0.4, 0.5) is 13.2 Å². The molecule has 0 spiro atoms. The number of methoxy groups -OCH3 is 1. The highest BCUT2D eigenvalue weighted by Gasteiger charge is 2.30. The Kier molecular flexibility index (Phi) is 6.72. The van der Waals surface area contributed by atoms with Gasteiger partial charge in [-0.25, -0.2) is 14.8 Å². The van der Waals surface area contributed by atoms with Crippen molar-refractivity contribution in [1.29, 1.82) is 0 Å². The number of nitrogens with one attached hydrogen (secondary N) is 1. The topological polar surface area (TPSA) is 90.4 Å². The van der Waals surface area contributed by atoms with Crippen LogP contribution in [0.25, 0.3) is 11.3 Å². The van der Waals surface area contributed by atoms with Crippen LogP contribution in [0.1, 0.15) is 23.0 Å². The molecule has 1 amide bonds. The number of rotatable bonds is 6. The smallest absolute Gasteiger partial charge is 0.417 e. The van der Waals surface area contributed by atoms with E-state index in [1.165, 1.54) is 20.1 Å². The fourth-order valence-electron chi connectivity index (χ4n) is 2.65. The highest BCUT2D eigenvalue weighted by atomic mass is 19.4. The molecule has 1 N–H and O–H groups in total. The number of amides is 1. The van der Waals surface area contributed by atoms with E-state index >= 15 is 0 Å². The predicted octanol–water partition coefficient (Wildman–Crippen LogP) is 4.25. The van der Waals surface area contributed by atoms with E-state index < -0.39 is 29.7 Å². The number of halogens is 3. The minimum atomic E-state index is -4.47. The minimum absolute atomic E-state index is 0.0160. The third-order valence-corrected chi connectivity index (χ3v) is 4.32. The molecule has 1 unspecified atom stereocenters. The average Bonchev–Trinajstić information content (AvgIpc) is 2.78. The summed E-state index contributed by atoms with van der Waals surface area (Å²) < 4.78 is 47.9. The second-order valence-electron chi connectivity index (χ2n) is 6.64. The van der Waals surface area contributed by atoms with Crippen molar-refractivity contribution in [2.75, 3.05) is 7.11 Å². The molecule has 0 fully saturated rings. The highest BCUT2D eigenvalue weighted by Crippen LogP contribution is 2.30. The molecule has 0 aliphatic heterocycles. The van der Waals surface area contributed by atoms with Gasteiger partial charge in [0.25, 0.3) is 5.91 Å². The van der Waals surface area contributed by atoms with Crippen LogP contribution in [0.3, 0.4) is 0 Å². The van der Waals surface area contributed by atoms with Crippen molar-refractivity contribution >= 4 is 11.9 Å². The Bertz CT molecular complexity index is 1100. The van der Waals surface area contributed by atoms with Gasteiger partial charge in [-0.3, -0.25) is 4.79 Å². The van der Waals surface area contributed by atoms with Crippen LogP contribution in [0.2, 0.25) is 0 Å². The van der Waals surface area contributed by atoms with E-state index in [9.17, 15) is 22.8 Å². The van der Waals surface area contributed by atoms with Crippen molar-refractivity contribution in [3.63, 3.8) is 0 Å². The van der Waals surface area contributed by atoms with Crippen molar-refractivity contribution in [1.82, 2.24) is 15.3 Å². The number of hydrogen-bond donors (Lipinski definition) is 1. The van der Waals surface area contributed by atoms with Crippen LogP contribution < -0.4 is 10.1 Å². The molecule has 10 heteroatoms. The van der Waals surface area contributed by atoms with E-state index in [-0.39, 0.29) is 11.6 Å². The second kappa shape index (κ2) is 9.46. The Morgan fingerprint density at radius 2 is 1.75 bits per heavy atom. The lowest BCUT2D eigenvalue weighted by Crippen LogP contribution is -2.39. The lowest BCUT2D eigenvalue weighted by Gasteiger charge is -2.12. The zero-order valence-corrected chi connectivity index (χ0v) is 17.0. The molecule has 0 saturated carbocycles. The van der Waals surface area contributed by atoms with Gasteiger partial charge in [-0.1, -0.05) is 6.07 Å². The van der Waals surface area contributed by atoms with Crippen LogP contribution in [0.15, 0.2) is 60.8 Å². The Morgan fingerprint density at radius 1 is 1.03 bits per heavy atom. The van der Waals surface area contributed by atoms with Gasteiger partial charge in [0.15, 0.2) is 0 Å². The van der Waals surface area contributed by atoms with Crippen LogP contribution in [-0.2, 0) is 15.7 Å². The number of esters is 1. The van der Waals surface area contributed by atoms with Gasteiger partial charge in [-0.05, 0) is 49.4 Å². The molecule has 3 rings (SSSR count). The summed E-state index contributed by atoms with van der Waals surface area (Å²) in [5.41, 5.74) is 0.430. The summed E-state index contributed by atoms with van der Waals surface area (Å²) in [6, 6.07) is 12.6. The molecule has 166 valence electrons. The number of nitrogens with zero attached hydrogens (tertiary/aromatic N) is 2. The number of carbonyl (C=O) groups is 2. The third-order valence-electron chi connectivity index (χ3n) is 4.32. The first-order valence-corrected chi connectivity index (χ1v) is 9.34. The Balaban J connectivity index is 1.70. The van der Waals surface area contributed by atoms with Gasteiger partial charge in [0.1, 0.15) is 17.5 Å². The maximum absolute atomic E-state index is 12.6. The standard InChI is InChI=1S/C22H18F3N3O4/c1-13(21(30)31-2)27-20(29)18-5-3-4-17(28-18)14-6-9-16(10-7-14)32-19-11-8-15(12-26-19)22(23,24)25/h3-13H,1-2H3,(H,27,29). The molecule has 0 aliphatic rings. The number of pyridine rings is 2. The Morgan fingerprint density at radius 3 is 2.34 bits per heavy atom. The van der Waals surface area contributed by atoms with E-state index in [2.05, 4.69) is 20.0 Å². The molecular weight excluding hydrogens is 427 g/mol. The minimum Gasteiger partial charge on any atom is -0.467 e. The fraction of sp³-hybridized carbons (Fsp3) is 0.182. The number of aromatic nitrogens is 2. The first-order valence-electron chi connectivity index (χ1n) is 9.34. The maximum Gasteiger partial charge on any atom is 0.417 e. The Hall–Kier alpha value is -3.95. The van der Waals surface area contributed by atoms with E-state index in [0.717, 1.165) is 12.1 Å². The largest absolute Gasteiger partial charge is 0.467 e. The molecule has 0 bridgehead atoms. The molecular formula is C22H18F3N3O4. The average molecular weight is 445 g/mol. The van der Waals surface area contributed by atoms with Crippen LogP contribution in [0.5, 0.6) is 11.6 Å². The molecule has 1 atom stereocenters. The summed E-state index contributed by atoms with van der Waals surface area (Å²) in [6.45, 7) is 1.50. The van der Waals surface area contributed by atoms with Crippen molar-refractivity contribution in [3.8, 4) is 22.9 Å².